The second-order valence-corrected chi connectivity index (χ2v) is 5.02. The van der Waals surface area contributed by atoms with Gasteiger partial charge in [0, 0.05) is 6.54 Å². The van der Waals surface area contributed by atoms with Crippen LogP contribution in [0.1, 0.15) is 11.1 Å². The predicted octanol–water partition coefficient (Wildman–Crippen LogP) is 4.30. The molecule has 1 nitrogen and oxygen atoms in total. The van der Waals surface area contributed by atoms with E-state index in [1.807, 2.05) is 0 Å². The van der Waals surface area contributed by atoms with Gasteiger partial charge in [-0.2, -0.15) is 0 Å². The molecule has 0 fully saturated rings. The summed E-state index contributed by atoms with van der Waals surface area (Å²) < 4.78 is 0. The minimum absolute atomic E-state index is 0. The number of hydrogen-bond donors (Lipinski definition) is 0. The molecule has 2 rings (SSSR count). The molecule has 0 atom stereocenters. The third-order valence-electron chi connectivity index (χ3n) is 3.08. The standard InChI is InChI=1S/C18H21N.ClH/c1-19(2)14-13-18(17-11-7-4-8-12-17)15-16-9-5-3-6-10-16;/h3-13H,14-15H2,1-2H3;1H/b18-13-;. The van der Waals surface area contributed by atoms with E-state index in [1.165, 1.54) is 16.7 Å². The van der Waals surface area contributed by atoms with E-state index >= 15 is 0 Å². The van der Waals surface area contributed by atoms with Gasteiger partial charge in [0.25, 0.3) is 0 Å². The van der Waals surface area contributed by atoms with Gasteiger partial charge in [0.15, 0.2) is 0 Å². The Kier molecular flexibility index (Phi) is 7.06. The first-order valence-corrected chi connectivity index (χ1v) is 6.69. The third kappa shape index (κ3) is 5.20. The van der Waals surface area contributed by atoms with Crippen LogP contribution in [0.15, 0.2) is 66.7 Å². The zero-order valence-electron chi connectivity index (χ0n) is 12.1. The fraction of sp³-hybridized carbons (Fsp3) is 0.222. The van der Waals surface area contributed by atoms with E-state index in [2.05, 4.69) is 85.7 Å². The van der Waals surface area contributed by atoms with Crippen molar-refractivity contribution in [2.24, 2.45) is 0 Å². The molecule has 2 aromatic carbocycles. The molecule has 0 aromatic heterocycles. The molecule has 2 heteroatoms. The maximum absolute atomic E-state index is 2.32. The molecule has 0 aliphatic heterocycles. The Labute approximate surface area is 128 Å². The van der Waals surface area contributed by atoms with Gasteiger partial charge in [-0.3, -0.25) is 0 Å². The van der Waals surface area contributed by atoms with Crippen molar-refractivity contribution < 1.29 is 0 Å². The summed E-state index contributed by atoms with van der Waals surface area (Å²) in [5, 5.41) is 0. The van der Waals surface area contributed by atoms with E-state index in [0.29, 0.717) is 0 Å². The summed E-state index contributed by atoms with van der Waals surface area (Å²) in [5.41, 5.74) is 4.06. The number of nitrogens with zero attached hydrogens (tertiary/aromatic N) is 1. The number of halogens is 1. The number of hydrogen-bond acceptors (Lipinski definition) is 1. The first kappa shape index (κ1) is 16.5. The predicted molar refractivity (Wildman–Crippen MR) is 90.4 cm³/mol. The van der Waals surface area contributed by atoms with E-state index in [9.17, 15) is 0 Å². The number of likely N-dealkylation sites (N-methyl/N-ethyl adjacent to an activating group) is 1. The molecule has 0 bridgehead atoms. The topological polar surface area (TPSA) is 3.24 Å². The minimum atomic E-state index is 0. The summed E-state index contributed by atoms with van der Waals surface area (Å²) in [6.07, 6.45) is 3.31. The van der Waals surface area contributed by atoms with Crippen LogP contribution in [0.3, 0.4) is 0 Å². The monoisotopic (exact) mass is 287 g/mol. The van der Waals surface area contributed by atoms with Crippen LogP contribution in [0, 0.1) is 0 Å². The Morgan fingerprint density at radius 3 is 2.00 bits per heavy atom. The molecular formula is C18H22ClN. The smallest absolute Gasteiger partial charge is 0.0163 e. The first-order valence-electron chi connectivity index (χ1n) is 6.69. The van der Waals surface area contributed by atoms with E-state index < -0.39 is 0 Å². The molecule has 0 N–H and O–H groups in total. The van der Waals surface area contributed by atoms with Gasteiger partial charge in [0.1, 0.15) is 0 Å². The molecular weight excluding hydrogens is 266 g/mol. The van der Waals surface area contributed by atoms with Crippen molar-refractivity contribution in [2.75, 3.05) is 20.6 Å². The van der Waals surface area contributed by atoms with Gasteiger partial charge in [-0.25, -0.2) is 0 Å². The summed E-state index contributed by atoms with van der Waals surface area (Å²) in [6.45, 7) is 0.969. The third-order valence-corrected chi connectivity index (χ3v) is 3.08. The highest BCUT2D eigenvalue weighted by atomic mass is 35.5. The van der Waals surface area contributed by atoms with Gasteiger partial charge in [0.2, 0.25) is 0 Å². The Bertz CT molecular complexity index is 518. The zero-order valence-corrected chi connectivity index (χ0v) is 12.9. The van der Waals surface area contributed by atoms with Gasteiger partial charge >= 0.3 is 0 Å². The largest absolute Gasteiger partial charge is 0.306 e. The molecule has 0 amide bonds. The van der Waals surface area contributed by atoms with Crippen molar-refractivity contribution in [2.45, 2.75) is 6.42 Å². The van der Waals surface area contributed by atoms with Gasteiger partial charge in [-0.05, 0) is 37.2 Å². The van der Waals surface area contributed by atoms with Gasteiger partial charge in [-0.1, -0.05) is 66.7 Å². The molecule has 2 aromatic rings. The molecule has 0 spiro atoms. The van der Waals surface area contributed by atoms with Gasteiger partial charge in [-0.15, -0.1) is 12.4 Å². The molecule has 0 aliphatic carbocycles. The fourth-order valence-corrected chi connectivity index (χ4v) is 2.05. The Morgan fingerprint density at radius 1 is 0.900 bits per heavy atom. The zero-order chi connectivity index (χ0) is 13.5. The van der Waals surface area contributed by atoms with E-state index in [4.69, 9.17) is 0 Å². The van der Waals surface area contributed by atoms with Crippen molar-refractivity contribution in [3.63, 3.8) is 0 Å². The Hall–Kier alpha value is -1.57. The highest BCUT2D eigenvalue weighted by molar-refractivity contribution is 5.85. The van der Waals surface area contributed by atoms with Crippen molar-refractivity contribution in [1.82, 2.24) is 4.90 Å². The molecule has 0 saturated carbocycles. The van der Waals surface area contributed by atoms with Crippen LogP contribution >= 0.6 is 12.4 Å². The molecule has 0 heterocycles. The summed E-state index contributed by atoms with van der Waals surface area (Å²) in [7, 11) is 4.20. The number of rotatable bonds is 5. The van der Waals surface area contributed by atoms with Crippen LogP contribution in [0.5, 0.6) is 0 Å². The molecule has 0 radical (unpaired) electrons. The van der Waals surface area contributed by atoms with Crippen molar-refractivity contribution >= 4 is 18.0 Å². The molecule has 0 unspecified atom stereocenters. The van der Waals surface area contributed by atoms with Crippen LogP contribution in [-0.4, -0.2) is 25.5 Å². The lowest BCUT2D eigenvalue weighted by molar-refractivity contribution is 0.456. The van der Waals surface area contributed by atoms with Gasteiger partial charge in [0.05, 0.1) is 0 Å². The average Bonchev–Trinajstić information content (AvgIpc) is 2.45. The molecule has 0 aliphatic rings. The summed E-state index contributed by atoms with van der Waals surface area (Å²) >= 11 is 0. The lowest BCUT2D eigenvalue weighted by atomic mass is 9.98. The van der Waals surface area contributed by atoms with Crippen molar-refractivity contribution in [3.8, 4) is 0 Å². The van der Waals surface area contributed by atoms with Crippen LogP contribution in [0.2, 0.25) is 0 Å². The lowest BCUT2D eigenvalue weighted by Crippen LogP contribution is -2.11. The Morgan fingerprint density at radius 2 is 1.45 bits per heavy atom. The summed E-state index contributed by atoms with van der Waals surface area (Å²) in [4.78, 5) is 2.19. The van der Waals surface area contributed by atoms with Crippen LogP contribution < -0.4 is 0 Å². The van der Waals surface area contributed by atoms with Crippen molar-refractivity contribution in [1.29, 1.82) is 0 Å². The first-order chi connectivity index (χ1) is 9.25. The molecule has 20 heavy (non-hydrogen) atoms. The number of benzene rings is 2. The lowest BCUT2D eigenvalue weighted by Gasteiger charge is -2.11. The highest BCUT2D eigenvalue weighted by Gasteiger charge is 2.02. The second-order valence-electron chi connectivity index (χ2n) is 5.02. The average molecular weight is 288 g/mol. The van der Waals surface area contributed by atoms with Crippen molar-refractivity contribution in [3.05, 3.63) is 77.9 Å². The van der Waals surface area contributed by atoms with E-state index in [-0.39, 0.29) is 12.4 Å². The molecule has 106 valence electrons. The SMILES string of the molecule is CN(C)C/C=C(/Cc1ccccc1)c1ccccc1.Cl. The van der Waals surface area contributed by atoms with E-state index in [1.54, 1.807) is 0 Å². The maximum atomic E-state index is 2.32. The van der Waals surface area contributed by atoms with Crippen LogP contribution in [-0.2, 0) is 6.42 Å². The van der Waals surface area contributed by atoms with Crippen LogP contribution in [0.25, 0.3) is 5.57 Å². The van der Waals surface area contributed by atoms with E-state index in [0.717, 1.165) is 13.0 Å². The summed E-state index contributed by atoms with van der Waals surface area (Å²) in [5.74, 6) is 0. The van der Waals surface area contributed by atoms with Crippen LogP contribution in [0.4, 0.5) is 0 Å². The maximum Gasteiger partial charge on any atom is 0.0163 e. The Balaban J connectivity index is 0.00000200. The van der Waals surface area contributed by atoms with Gasteiger partial charge < -0.3 is 4.90 Å². The minimum Gasteiger partial charge on any atom is -0.306 e. The second kappa shape index (κ2) is 8.57. The fourth-order valence-electron chi connectivity index (χ4n) is 2.05. The summed E-state index contributed by atoms with van der Waals surface area (Å²) in [6, 6.07) is 21.3. The highest BCUT2D eigenvalue weighted by Crippen LogP contribution is 2.19. The normalized spacial score (nSPS) is 11.2. The molecule has 0 saturated heterocycles. The number of allylic oxidation sites excluding steroid dienone is 1. The quantitative estimate of drug-likeness (QED) is 0.793.